The molecule has 0 aliphatic rings. The highest BCUT2D eigenvalue weighted by Gasteiger charge is 2.38. The highest BCUT2D eigenvalue weighted by Crippen LogP contribution is 2.38. The zero-order valence-corrected chi connectivity index (χ0v) is 20.6. The normalized spacial score (nSPS) is 13.9. The lowest BCUT2D eigenvalue weighted by Gasteiger charge is -2.30. The molecule has 1 unspecified atom stereocenters. The molecular formula is C27H26F6NOP. The number of alkyl halides is 6. The van der Waals surface area contributed by atoms with E-state index in [2.05, 4.69) is 5.32 Å². The lowest BCUT2D eigenvalue weighted by molar-refractivity contribution is -0.143. The molecule has 0 aliphatic carbocycles. The van der Waals surface area contributed by atoms with Crippen LogP contribution in [0.25, 0.3) is 0 Å². The first kappa shape index (κ1) is 27.7. The summed E-state index contributed by atoms with van der Waals surface area (Å²) in [7, 11) is -0.952. The minimum absolute atomic E-state index is 0.0208. The Balaban J connectivity index is 1.97. The number of amides is 1. The third kappa shape index (κ3) is 7.10. The number of benzene rings is 3. The Hall–Kier alpha value is -2.86. The summed E-state index contributed by atoms with van der Waals surface area (Å²) in [5, 5.41) is 4.86. The molecule has 0 aliphatic heterocycles. The largest absolute Gasteiger partial charge is 0.416 e. The Morgan fingerprint density at radius 3 is 1.64 bits per heavy atom. The smallest absolute Gasteiger partial charge is 0.349 e. The van der Waals surface area contributed by atoms with Gasteiger partial charge in [-0.2, -0.15) is 26.3 Å². The summed E-state index contributed by atoms with van der Waals surface area (Å²) in [6, 6.07) is 19.8. The van der Waals surface area contributed by atoms with Gasteiger partial charge in [-0.05, 0) is 48.8 Å². The zero-order valence-electron chi connectivity index (χ0n) is 19.7. The summed E-state index contributed by atoms with van der Waals surface area (Å²) < 4.78 is 79.8. The number of carbonyl (C=O) groups excluding carboxylic acids is 1. The fourth-order valence-corrected chi connectivity index (χ4v) is 6.39. The number of carbonyl (C=O) groups is 1. The van der Waals surface area contributed by atoms with Crippen molar-refractivity contribution in [3.8, 4) is 0 Å². The Labute approximate surface area is 207 Å². The molecule has 1 amide bonds. The molecule has 0 radical (unpaired) electrons. The van der Waals surface area contributed by atoms with Crippen LogP contribution in [-0.2, 0) is 12.4 Å². The predicted octanol–water partition coefficient (Wildman–Crippen LogP) is 7.00. The third-order valence-electron chi connectivity index (χ3n) is 6.01. The second-order valence-corrected chi connectivity index (χ2v) is 10.8. The first-order chi connectivity index (χ1) is 16.9. The fraction of sp³-hybridized carbons (Fsp3) is 0.296. The van der Waals surface area contributed by atoms with E-state index in [4.69, 9.17) is 0 Å². The van der Waals surface area contributed by atoms with Crippen molar-refractivity contribution in [1.82, 2.24) is 5.32 Å². The van der Waals surface area contributed by atoms with Crippen molar-refractivity contribution in [2.75, 3.05) is 6.16 Å². The average molecular weight is 525 g/mol. The monoisotopic (exact) mass is 525 g/mol. The van der Waals surface area contributed by atoms with E-state index in [1.54, 1.807) is 0 Å². The van der Waals surface area contributed by atoms with Gasteiger partial charge in [0.1, 0.15) is 0 Å². The molecule has 0 saturated carbocycles. The molecule has 9 heteroatoms. The number of hydrogen-bond acceptors (Lipinski definition) is 1. The zero-order chi connectivity index (χ0) is 26.5. The van der Waals surface area contributed by atoms with Crippen molar-refractivity contribution in [1.29, 1.82) is 0 Å². The van der Waals surface area contributed by atoms with Gasteiger partial charge in [-0.25, -0.2) is 0 Å². The van der Waals surface area contributed by atoms with Crippen LogP contribution in [0.4, 0.5) is 26.3 Å². The van der Waals surface area contributed by atoms with E-state index in [9.17, 15) is 31.1 Å². The molecule has 0 saturated heterocycles. The highest BCUT2D eigenvalue weighted by atomic mass is 31.1. The number of nitrogens with one attached hydrogen (secondary N) is 1. The van der Waals surface area contributed by atoms with Crippen molar-refractivity contribution < 1.29 is 31.1 Å². The van der Waals surface area contributed by atoms with E-state index in [-0.39, 0.29) is 12.0 Å². The van der Waals surface area contributed by atoms with E-state index in [0.29, 0.717) is 24.7 Å². The minimum Gasteiger partial charge on any atom is -0.349 e. The van der Waals surface area contributed by atoms with Gasteiger partial charge in [0, 0.05) is 11.6 Å². The van der Waals surface area contributed by atoms with Crippen LogP contribution in [0.1, 0.15) is 41.8 Å². The van der Waals surface area contributed by atoms with Crippen molar-refractivity contribution in [3.63, 3.8) is 0 Å². The van der Waals surface area contributed by atoms with E-state index >= 15 is 0 Å². The average Bonchev–Trinajstić information content (AvgIpc) is 2.85. The summed E-state index contributed by atoms with van der Waals surface area (Å²) in [6.07, 6.45) is -8.91. The number of halogens is 6. The SMILES string of the molecule is CC[C@H](C)C(CP(c1ccccc1)c1ccccc1)NC(=O)c1cc(C(F)(F)F)cc(C(F)(F)F)c1. The molecule has 2 nitrogen and oxygen atoms in total. The van der Waals surface area contributed by atoms with Gasteiger partial charge >= 0.3 is 12.4 Å². The Bertz CT molecular complexity index is 1080. The van der Waals surface area contributed by atoms with Crippen LogP contribution in [-0.4, -0.2) is 18.1 Å². The molecule has 0 aromatic heterocycles. The van der Waals surface area contributed by atoms with E-state index in [1.807, 2.05) is 74.5 Å². The quantitative estimate of drug-likeness (QED) is 0.249. The predicted molar refractivity (Wildman–Crippen MR) is 131 cm³/mol. The van der Waals surface area contributed by atoms with E-state index < -0.39 is 48.9 Å². The van der Waals surface area contributed by atoms with Crippen LogP contribution in [0, 0.1) is 5.92 Å². The molecule has 3 aromatic carbocycles. The first-order valence-corrected chi connectivity index (χ1v) is 12.9. The van der Waals surface area contributed by atoms with E-state index in [0.717, 1.165) is 10.6 Å². The summed E-state index contributed by atoms with van der Waals surface area (Å²) in [6.45, 7) is 3.82. The summed E-state index contributed by atoms with van der Waals surface area (Å²) in [5.74, 6) is -1.03. The molecule has 0 bridgehead atoms. The third-order valence-corrected chi connectivity index (χ3v) is 8.61. The molecule has 2 atom stereocenters. The van der Waals surface area contributed by atoms with Gasteiger partial charge in [0.2, 0.25) is 0 Å². The molecule has 0 heterocycles. The first-order valence-electron chi connectivity index (χ1n) is 11.4. The number of rotatable bonds is 8. The van der Waals surface area contributed by atoms with Gasteiger partial charge in [0.25, 0.3) is 5.91 Å². The molecule has 36 heavy (non-hydrogen) atoms. The van der Waals surface area contributed by atoms with Crippen molar-refractivity contribution in [3.05, 3.63) is 95.6 Å². The lowest BCUT2D eigenvalue weighted by Crippen LogP contribution is -2.43. The molecular weight excluding hydrogens is 499 g/mol. The highest BCUT2D eigenvalue weighted by molar-refractivity contribution is 7.73. The van der Waals surface area contributed by atoms with Crippen molar-refractivity contribution in [2.24, 2.45) is 5.92 Å². The molecule has 3 rings (SSSR count). The maximum Gasteiger partial charge on any atom is 0.416 e. The van der Waals surface area contributed by atoms with Gasteiger partial charge in [-0.1, -0.05) is 80.9 Å². The topological polar surface area (TPSA) is 29.1 Å². The van der Waals surface area contributed by atoms with E-state index in [1.165, 1.54) is 0 Å². The standard InChI is InChI=1S/C27H26F6NOP/c1-3-18(2)24(17-36(22-10-6-4-7-11-22)23-12-8-5-9-13-23)34-25(35)19-14-20(26(28,29)30)16-21(15-19)27(31,32)33/h4-16,18,24H,3,17H2,1-2H3,(H,34,35)/t18-,24?/m0/s1. The van der Waals surface area contributed by atoms with Gasteiger partial charge in [0.05, 0.1) is 11.1 Å². The molecule has 0 fully saturated rings. The molecule has 0 spiro atoms. The maximum atomic E-state index is 13.3. The maximum absolute atomic E-state index is 13.3. The Morgan fingerprint density at radius 2 is 1.25 bits per heavy atom. The molecule has 3 aromatic rings. The van der Waals surface area contributed by atoms with Gasteiger partial charge < -0.3 is 5.32 Å². The summed E-state index contributed by atoms with van der Waals surface area (Å²) in [5.41, 5.74) is -3.70. The van der Waals surface area contributed by atoms with Gasteiger partial charge in [-0.15, -0.1) is 0 Å². The van der Waals surface area contributed by atoms with Crippen LogP contribution in [0.2, 0.25) is 0 Å². The van der Waals surface area contributed by atoms with Crippen LogP contribution in [0.15, 0.2) is 78.9 Å². The summed E-state index contributed by atoms with van der Waals surface area (Å²) in [4.78, 5) is 13.0. The van der Waals surface area contributed by atoms with Crippen LogP contribution in [0.5, 0.6) is 0 Å². The Kier molecular flexibility index (Phi) is 8.83. The second kappa shape index (κ2) is 11.5. The molecule has 192 valence electrons. The molecule has 1 N–H and O–H groups in total. The van der Waals surface area contributed by atoms with Gasteiger partial charge in [-0.3, -0.25) is 4.79 Å². The van der Waals surface area contributed by atoms with Crippen LogP contribution < -0.4 is 15.9 Å². The number of hydrogen-bond donors (Lipinski definition) is 1. The second-order valence-electron chi connectivity index (χ2n) is 8.54. The fourth-order valence-electron chi connectivity index (χ4n) is 3.76. The minimum atomic E-state index is -5.03. The van der Waals surface area contributed by atoms with Crippen LogP contribution in [0.3, 0.4) is 0 Å². The van der Waals surface area contributed by atoms with Crippen LogP contribution >= 0.6 is 7.92 Å². The summed E-state index contributed by atoms with van der Waals surface area (Å²) >= 11 is 0. The Morgan fingerprint density at radius 1 is 0.806 bits per heavy atom. The van der Waals surface area contributed by atoms with Gasteiger partial charge in [0.15, 0.2) is 0 Å². The van der Waals surface area contributed by atoms with Crippen molar-refractivity contribution >= 4 is 24.4 Å². The lowest BCUT2D eigenvalue weighted by atomic mass is 9.99. The van der Waals surface area contributed by atoms with Crippen molar-refractivity contribution in [2.45, 2.75) is 38.7 Å².